The fraction of sp³-hybridized carbons (Fsp3) is 0.667. The summed E-state index contributed by atoms with van der Waals surface area (Å²) in [5.74, 6) is -0.119. The Morgan fingerprint density at radius 1 is 1.33 bits per heavy atom. The first kappa shape index (κ1) is 17.8. The lowest BCUT2D eigenvalue weighted by molar-refractivity contribution is -0.119. The van der Waals surface area contributed by atoms with E-state index in [0.717, 1.165) is 37.5 Å². The number of piperazine rings is 1. The van der Waals surface area contributed by atoms with E-state index in [4.69, 9.17) is 0 Å². The number of hydrogen-bond donors (Lipinski definition) is 2. The SMILES string of the molecule is CC(=O)NCc1ccc(S(=O)(=O)N2CCC(N3CCNCC3)C2)s1. The third-order valence-electron chi connectivity index (χ3n) is 4.54. The molecule has 1 amide bonds. The Kier molecular flexibility index (Phi) is 5.56. The zero-order chi connectivity index (χ0) is 17.2. The molecule has 1 unspecified atom stereocenters. The van der Waals surface area contributed by atoms with Gasteiger partial charge in [-0.3, -0.25) is 9.69 Å². The molecule has 2 saturated heterocycles. The number of amides is 1. The number of sulfonamides is 1. The molecule has 2 fully saturated rings. The third kappa shape index (κ3) is 3.97. The zero-order valence-electron chi connectivity index (χ0n) is 13.8. The van der Waals surface area contributed by atoms with E-state index in [1.807, 2.05) is 0 Å². The standard InChI is InChI=1S/C15H24N4O3S2/c1-12(20)17-10-14-2-3-15(23-14)24(21,22)19-7-4-13(11-19)18-8-5-16-6-9-18/h2-3,13,16H,4-11H2,1H3,(H,17,20). The molecule has 9 heteroatoms. The third-order valence-corrected chi connectivity index (χ3v) is 7.95. The summed E-state index contributed by atoms with van der Waals surface area (Å²) in [5, 5.41) is 6.02. The molecule has 134 valence electrons. The zero-order valence-corrected chi connectivity index (χ0v) is 15.5. The van der Waals surface area contributed by atoms with Crippen LogP contribution in [0, 0.1) is 0 Å². The van der Waals surface area contributed by atoms with Crippen molar-refractivity contribution < 1.29 is 13.2 Å². The van der Waals surface area contributed by atoms with Gasteiger partial charge in [-0.1, -0.05) is 0 Å². The molecule has 2 N–H and O–H groups in total. The van der Waals surface area contributed by atoms with Crippen LogP contribution in [0.1, 0.15) is 18.2 Å². The Morgan fingerprint density at radius 2 is 2.08 bits per heavy atom. The van der Waals surface area contributed by atoms with Gasteiger partial charge in [-0.2, -0.15) is 4.31 Å². The van der Waals surface area contributed by atoms with Gasteiger partial charge in [0, 0.05) is 57.1 Å². The quantitative estimate of drug-likeness (QED) is 0.763. The maximum Gasteiger partial charge on any atom is 0.252 e. The van der Waals surface area contributed by atoms with E-state index < -0.39 is 10.0 Å². The van der Waals surface area contributed by atoms with Crippen molar-refractivity contribution in [1.29, 1.82) is 0 Å². The molecule has 24 heavy (non-hydrogen) atoms. The second-order valence-electron chi connectivity index (χ2n) is 6.22. The van der Waals surface area contributed by atoms with Crippen LogP contribution in [0.2, 0.25) is 0 Å². The summed E-state index contributed by atoms with van der Waals surface area (Å²) in [7, 11) is -3.43. The fourth-order valence-electron chi connectivity index (χ4n) is 3.20. The maximum absolute atomic E-state index is 12.8. The molecule has 2 aliphatic heterocycles. The molecule has 0 radical (unpaired) electrons. The number of carbonyl (C=O) groups is 1. The van der Waals surface area contributed by atoms with Gasteiger partial charge in [-0.25, -0.2) is 8.42 Å². The largest absolute Gasteiger partial charge is 0.351 e. The maximum atomic E-state index is 12.8. The van der Waals surface area contributed by atoms with Crippen molar-refractivity contribution in [2.24, 2.45) is 0 Å². The molecule has 2 aliphatic rings. The van der Waals surface area contributed by atoms with Crippen LogP contribution in [0.4, 0.5) is 0 Å². The Labute approximate surface area is 147 Å². The predicted molar refractivity (Wildman–Crippen MR) is 93.4 cm³/mol. The predicted octanol–water partition coefficient (Wildman–Crippen LogP) is 0.0524. The normalized spacial score (nSPS) is 23.5. The lowest BCUT2D eigenvalue weighted by Crippen LogP contribution is -2.49. The number of rotatable bonds is 5. The van der Waals surface area contributed by atoms with Crippen LogP contribution in [0.25, 0.3) is 0 Å². The minimum Gasteiger partial charge on any atom is -0.351 e. The van der Waals surface area contributed by atoms with Gasteiger partial charge in [0.15, 0.2) is 0 Å². The summed E-state index contributed by atoms with van der Waals surface area (Å²) in [6.07, 6.45) is 0.892. The Bertz CT molecular complexity index is 683. The molecule has 0 spiro atoms. The van der Waals surface area contributed by atoms with Crippen LogP contribution < -0.4 is 10.6 Å². The molecule has 3 heterocycles. The van der Waals surface area contributed by atoms with Crippen molar-refractivity contribution in [3.8, 4) is 0 Å². The van der Waals surface area contributed by atoms with Gasteiger partial charge in [0.25, 0.3) is 10.0 Å². The van der Waals surface area contributed by atoms with E-state index in [9.17, 15) is 13.2 Å². The summed E-state index contributed by atoms with van der Waals surface area (Å²) in [6, 6.07) is 3.74. The van der Waals surface area contributed by atoms with Crippen LogP contribution >= 0.6 is 11.3 Å². The van der Waals surface area contributed by atoms with Gasteiger partial charge in [-0.05, 0) is 18.6 Å². The average molecular weight is 373 g/mol. The molecule has 1 aromatic heterocycles. The van der Waals surface area contributed by atoms with E-state index >= 15 is 0 Å². The fourth-order valence-corrected chi connectivity index (χ4v) is 6.15. The molecule has 0 aromatic carbocycles. The first-order valence-corrected chi connectivity index (χ1v) is 10.5. The van der Waals surface area contributed by atoms with Gasteiger partial charge in [0.1, 0.15) is 4.21 Å². The van der Waals surface area contributed by atoms with Gasteiger partial charge in [0.05, 0.1) is 6.54 Å². The first-order chi connectivity index (χ1) is 11.5. The Balaban J connectivity index is 1.64. The summed E-state index contributed by atoms with van der Waals surface area (Å²) in [5.41, 5.74) is 0. The molecule has 0 aliphatic carbocycles. The molecule has 1 atom stereocenters. The number of carbonyl (C=O) groups excluding carboxylic acids is 1. The lowest BCUT2D eigenvalue weighted by atomic mass is 10.2. The number of nitrogens with one attached hydrogen (secondary N) is 2. The van der Waals surface area contributed by atoms with Crippen molar-refractivity contribution >= 4 is 27.3 Å². The highest BCUT2D eigenvalue weighted by Crippen LogP contribution is 2.28. The van der Waals surface area contributed by atoms with E-state index in [1.165, 1.54) is 18.3 Å². The van der Waals surface area contributed by atoms with E-state index in [1.54, 1.807) is 16.4 Å². The minimum absolute atomic E-state index is 0.119. The van der Waals surface area contributed by atoms with Gasteiger partial charge < -0.3 is 10.6 Å². The lowest BCUT2D eigenvalue weighted by Gasteiger charge is -2.32. The first-order valence-electron chi connectivity index (χ1n) is 8.25. The van der Waals surface area contributed by atoms with Crippen molar-refractivity contribution in [2.45, 2.75) is 30.1 Å². The molecule has 3 rings (SSSR count). The highest BCUT2D eigenvalue weighted by atomic mass is 32.2. The Hall–Kier alpha value is -1.00. The van der Waals surface area contributed by atoms with E-state index in [0.29, 0.717) is 29.9 Å². The molecular formula is C15H24N4O3S2. The second-order valence-corrected chi connectivity index (χ2v) is 9.56. The molecule has 0 saturated carbocycles. The summed E-state index contributed by atoms with van der Waals surface area (Å²) >= 11 is 1.24. The molecular weight excluding hydrogens is 348 g/mol. The number of nitrogens with zero attached hydrogens (tertiary/aromatic N) is 2. The number of thiophene rings is 1. The van der Waals surface area contributed by atoms with Crippen LogP contribution in [0.15, 0.2) is 16.3 Å². The van der Waals surface area contributed by atoms with Crippen molar-refractivity contribution in [3.05, 3.63) is 17.0 Å². The van der Waals surface area contributed by atoms with Gasteiger partial charge in [0.2, 0.25) is 5.91 Å². The number of hydrogen-bond acceptors (Lipinski definition) is 6. The van der Waals surface area contributed by atoms with Crippen LogP contribution in [0.3, 0.4) is 0 Å². The van der Waals surface area contributed by atoms with Crippen LogP contribution in [-0.4, -0.2) is 68.8 Å². The molecule has 0 bridgehead atoms. The summed E-state index contributed by atoms with van der Waals surface area (Å²) in [4.78, 5) is 14.2. The highest BCUT2D eigenvalue weighted by molar-refractivity contribution is 7.91. The van der Waals surface area contributed by atoms with Crippen molar-refractivity contribution in [1.82, 2.24) is 19.8 Å². The minimum atomic E-state index is -3.43. The second kappa shape index (κ2) is 7.49. The van der Waals surface area contributed by atoms with Gasteiger partial charge >= 0.3 is 0 Å². The average Bonchev–Trinajstić information content (AvgIpc) is 3.24. The highest BCUT2D eigenvalue weighted by Gasteiger charge is 2.36. The smallest absolute Gasteiger partial charge is 0.252 e. The van der Waals surface area contributed by atoms with Crippen LogP contribution in [-0.2, 0) is 21.4 Å². The van der Waals surface area contributed by atoms with E-state index in [-0.39, 0.29) is 5.91 Å². The monoisotopic (exact) mass is 372 g/mol. The van der Waals surface area contributed by atoms with E-state index in [2.05, 4.69) is 15.5 Å². The van der Waals surface area contributed by atoms with Crippen molar-refractivity contribution in [3.63, 3.8) is 0 Å². The van der Waals surface area contributed by atoms with Crippen LogP contribution in [0.5, 0.6) is 0 Å². The topological polar surface area (TPSA) is 81.8 Å². The summed E-state index contributed by atoms with van der Waals surface area (Å²) in [6.45, 7) is 6.89. The van der Waals surface area contributed by atoms with Gasteiger partial charge in [-0.15, -0.1) is 11.3 Å². The molecule has 7 nitrogen and oxygen atoms in total. The molecule has 1 aromatic rings. The van der Waals surface area contributed by atoms with Crippen molar-refractivity contribution in [2.75, 3.05) is 39.3 Å². The Morgan fingerprint density at radius 3 is 2.79 bits per heavy atom. The summed E-state index contributed by atoms with van der Waals surface area (Å²) < 4.78 is 27.6.